The Labute approximate surface area is 416 Å². The van der Waals surface area contributed by atoms with E-state index >= 15 is 0 Å². The van der Waals surface area contributed by atoms with Gasteiger partial charge in [0.05, 0.1) is 17.4 Å². The molecule has 0 radical (unpaired) electrons. The molecule has 0 fully saturated rings. The number of benzene rings is 7. The summed E-state index contributed by atoms with van der Waals surface area (Å²) in [6.45, 7) is 18.7. The minimum absolute atomic E-state index is 0.00263. The Morgan fingerprint density at radius 1 is 0.571 bits per heavy atom. The van der Waals surface area contributed by atoms with Gasteiger partial charge in [-0.3, -0.25) is 0 Å². The van der Waals surface area contributed by atoms with E-state index in [1.165, 1.54) is 61.7 Å². The zero-order chi connectivity index (χ0) is 48.4. The molecule has 0 aromatic heterocycles. The Balaban J connectivity index is 1.24. The van der Waals surface area contributed by atoms with Gasteiger partial charge in [0.2, 0.25) is 0 Å². The van der Waals surface area contributed by atoms with Crippen molar-refractivity contribution >= 4 is 51.2 Å². The fourth-order valence-corrected chi connectivity index (χ4v) is 11.0. The molecule has 70 heavy (non-hydrogen) atoms. The molecule has 2 aliphatic heterocycles. The molecule has 7 aromatic carbocycles. The van der Waals surface area contributed by atoms with Crippen LogP contribution in [0, 0.1) is 0 Å². The first-order valence-corrected chi connectivity index (χ1v) is 24.8. The first-order valence-electron chi connectivity index (χ1n) is 24.8. The lowest BCUT2D eigenvalue weighted by Crippen LogP contribution is -2.38. The number of allylic oxidation sites excluding steroid dienone is 10. The lowest BCUT2D eigenvalue weighted by Gasteiger charge is -2.44. The maximum Gasteiger partial charge on any atom is 0.0560 e. The predicted molar refractivity (Wildman–Crippen MR) is 301 cm³/mol. The quantitative estimate of drug-likeness (QED) is 0.133. The number of fused-ring (bicyclic) bond motifs is 5. The average Bonchev–Trinajstić information content (AvgIpc) is 3.39. The Morgan fingerprint density at radius 3 is 1.69 bits per heavy atom. The third-order valence-corrected chi connectivity index (χ3v) is 14.7. The Morgan fingerprint density at radius 2 is 1.10 bits per heavy atom. The molecule has 1 aliphatic carbocycles. The van der Waals surface area contributed by atoms with Crippen molar-refractivity contribution in [2.75, 3.05) is 9.80 Å². The van der Waals surface area contributed by atoms with Crippen LogP contribution < -0.4 is 20.2 Å². The molecule has 7 aromatic rings. The molecule has 0 amide bonds. The first-order chi connectivity index (χ1) is 34.1. The SMILES string of the molecule is C=C(/C=C\C=C\c1ccccc1)C1=c2cc(N3c4ccccc4C(C)(C)c4ccccc43)cc/c2=C(\C(C)=C\C(=C/C)c2ccccc2)/C=C/C(N2c3ccccc3C(C)(C)c3ccccc32)CC=C1. The number of para-hydroxylation sites is 4. The molecular weight excluding hydrogens is 845 g/mol. The molecule has 344 valence electrons. The zero-order valence-electron chi connectivity index (χ0n) is 41.4. The Hall–Kier alpha value is -7.94. The molecule has 0 saturated carbocycles. The molecule has 0 bridgehead atoms. The highest BCUT2D eigenvalue weighted by atomic mass is 15.2. The molecule has 2 heteroatoms. The fourth-order valence-electron chi connectivity index (χ4n) is 11.0. The normalized spacial score (nSPS) is 18.4. The number of hydrogen-bond donors (Lipinski definition) is 0. The summed E-state index contributed by atoms with van der Waals surface area (Å²) in [4.78, 5) is 5.04. The van der Waals surface area contributed by atoms with Gasteiger partial charge in [-0.05, 0) is 128 Å². The molecule has 1 unspecified atom stereocenters. The molecule has 2 nitrogen and oxygen atoms in total. The Kier molecular flexibility index (Phi) is 12.6. The van der Waals surface area contributed by atoms with Crippen LogP contribution in [0.3, 0.4) is 0 Å². The zero-order valence-corrected chi connectivity index (χ0v) is 41.4. The number of hydrogen-bond acceptors (Lipinski definition) is 2. The monoisotopic (exact) mass is 906 g/mol. The van der Waals surface area contributed by atoms with Gasteiger partial charge in [-0.25, -0.2) is 0 Å². The molecule has 0 spiro atoms. The van der Waals surface area contributed by atoms with E-state index in [-0.39, 0.29) is 16.9 Å². The highest BCUT2D eigenvalue weighted by molar-refractivity contribution is 5.89. The lowest BCUT2D eigenvalue weighted by atomic mass is 9.73. The van der Waals surface area contributed by atoms with E-state index in [0.717, 1.165) is 44.8 Å². The number of anilines is 5. The van der Waals surface area contributed by atoms with E-state index < -0.39 is 0 Å². The van der Waals surface area contributed by atoms with Gasteiger partial charge in [-0.2, -0.15) is 0 Å². The topological polar surface area (TPSA) is 6.48 Å². The molecule has 1 atom stereocenters. The average molecular weight is 907 g/mol. The van der Waals surface area contributed by atoms with Gasteiger partial charge in [0.1, 0.15) is 0 Å². The van der Waals surface area contributed by atoms with Crippen molar-refractivity contribution in [1.29, 1.82) is 0 Å². The third-order valence-electron chi connectivity index (χ3n) is 14.7. The van der Waals surface area contributed by atoms with Crippen molar-refractivity contribution in [1.82, 2.24) is 0 Å². The largest absolute Gasteiger partial charge is 0.334 e. The summed E-state index contributed by atoms with van der Waals surface area (Å²) in [5, 5.41) is 2.27. The second-order valence-electron chi connectivity index (χ2n) is 19.7. The van der Waals surface area contributed by atoms with Crippen molar-refractivity contribution in [3.63, 3.8) is 0 Å². The van der Waals surface area contributed by atoms with Crippen LogP contribution in [0.1, 0.15) is 81.3 Å². The van der Waals surface area contributed by atoms with Crippen molar-refractivity contribution < 1.29 is 0 Å². The summed E-state index contributed by atoms with van der Waals surface area (Å²) >= 11 is 0. The predicted octanol–water partition coefficient (Wildman–Crippen LogP) is 16.3. The standard InChI is InChI=1S/C68H62N2/c1-8-51(52-30-13-10-14-31-52)46-49(3)56-44-42-53(69-63-38-21-17-34-59(63)67(4,5)60-35-18-22-39-64(60)69)32-25-33-55(48(2)26-15-16-29-50-27-11-9-12-28-50)58-47-54(43-45-57(56)58)70-65-40-23-19-36-61(65)68(6,7)62-37-20-24-41-66(62)70/h8-31,33-47,53H,2,32H2,1,3-7H3/b26-15-,29-16+,33-25?,44-42+,49-46+,51-8+,57-56+,58-55?. The van der Waals surface area contributed by atoms with E-state index in [1.807, 2.05) is 0 Å². The first kappa shape index (κ1) is 45.8. The highest BCUT2D eigenvalue weighted by Gasteiger charge is 2.38. The second kappa shape index (κ2) is 19.2. The number of nitrogens with zero attached hydrogens (tertiary/aromatic N) is 2. The van der Waals surface area contributed by atoms with Crippen LogP contribution in [0.25, 0.3) is 22.8 Å². The van der Waals surface area contributed by atoms with Crippen LogP contribution in [-0.4, -0.2) is 6.04 Å². The van der Waals surface area contributed by atoms with Crippen LogP contribution in [0.5, 0.6) is 0 Å². The number of rotatable bonds is 9. The van der Waals surface area contributed by atoms with Crippen molar-refractivity contribution in [3.8, 4) is 0 Å². The van der Waals surface area contributed by atoms with Crippen molar-refractivity contribution in [2.24, 2.45) is 0 Å². The van der Waals surface area contributed by atoms with Gasteiger partial charge >= 0.3 is 0 Å². The van der Waals surface area contributed by atoms with E-state index in [4.69, 9.17) is 6.58 Å². The van der Waals surface area contributed by atoms with Crippen molar-refractivity contribution in [2.45, 2.75) is 64.8 Å². The Bertz CT molecular complexity index is 3340. The van der Waals surface area contributed by atoms with Gasteiger partial charge in [-0.15, -0.1) is 0 Å². The molecule has 2 heterocycles. The molecule has 0 saturated heterocycles. The van der Waals surface area contributed by atoms with E-state index in [0.29, 0.717) is 0 Å². The minimum atomic E-state index is -0.172. The summed E-state index contributed by atoms with van der Waals surface area (Å²) in [6, 6.07) is 64.1. The lowest BCUT2D eigenvalue weighted by molar-refractivity contribution is 0.614. The highest BCUT2D eigenvalue weighted by Crippen LogP contribution is 2.52. The minimum Gasteiger partial charge on any atom is -0.334 e. The van der Waals surface area contributed by atoms with Crippen LogP contribution in [-0.2, 0) is 10.8 Å². The van der Waals surface area contributed by atoms with E-state index in [9.17, 15) is 0 Å². The smallest absolute Gasteiger partial charge is 0.0560 e. The molecule has 3 aliphatic rings. The van der Waals surface area contributed by atoms with Gasteiger partial charge in [-0.1, -0.05) is 235 Å². The maximum atomic E-state index is 4.85. The summed E-state index contributed by atoms with van der Waals surface area (Å²) < 4.78 is 0. The van der Waals surface area contributed by atoms with E-state index in [1.54, 1.807) is 0 Å². The van der Waals surface area contributed by atoms with Crippen LogP contribution in [0.2, 0.25) is 0 Å². The second-order valence-corrected chi connectivity index (χ2v) is 19.7. The molecule has 10 rings (SSSR count). The molecular formula is C68H62N2. The summed E-state index contributed by atoms with van der Waals surface area (Å²) in [6.07, 6.45) is 23.5. The van der Waals surface area contributed by atoms with Gasteiger partial charge < -0.3 is 9.80 Å². The maximum absolute atomic E-state index is 4.85. The van der Waals surface area contributed by atoms with Crippen LogP contribution in [0.4, 0.5) is 28.4 Å². The fraction of sp³-hybridized carbons (Fsp3) is 0.147. The third kappa shape index (κ3) is 8.49. The van der Waals surface area contributed by atoms with Crippen LogP contribution in [0.15, 0.2) is 248 Å². The summed E-state index contributed by atoms with van der Waals surface area (Å²) in [7, 11) is 0. The van der Waals surface area contributed by atoms with Crippen LogP contribution >= 0.6 is 0 Å². The summed E-state index contributed by atoms with van der Waals surface area (Å²) in [5.74, 6) is 0. The van der Waals surface area contributed by atoms with Gasteiger partial charge in [0.25, 0.3) is 0 Å². The van der Waals surface area contributed by atoms with E-state index in [2.05, 4.69) is 288 Å². The summed E-state index contributed by atoms with van der Waals surface area (Å²) in [5.41, 5.74) is 18.8. The molecule has 0 N–H and O–H groups in total. The van der Waals surface area contributed by atoms with Gasteiger partial charge in [0.15, 0.2) is 0 Å². The van der Waals surface area contributed by atoms with Gasteiger partial charge in [0, 0.05) is 27.9 Å². The van der Waals surface area contributed by atoms with Crippen molar-refractivity contribution in [3.05, 3.63) is 292 Å².